The summed E-state index contributed by atoms with van der Waals surface area (Å²) >= 11 is 0. The molecular weight excluding hydrogens is 442 g/mol. The molecule has 0 unspecified atom stereocenters. The molecule has 0 radical (unpaired) electrons. The number of ether oxygens (including phenoxy) is 1. The molecule has 0 spiro atoms. The van der Waals surface area contributed by atoms with E-state index in [1.54, 1.807) is 24.3 Å². The summed E-state index contributed by atoms with van der Waals surface area (Å²) in [6, 6.07) is 23.2. The molecule has 4 aromatic rings. The van der Waals surface area contributed by atoms with Crippen LogP contribution in [0.4, 0.5) is 0 Å². The van der Waals surface area contributed by atoms with Gasteiger partial charge in [-0.2, -0.15) is 0 Å². The number of carbonyl (C=O) groups is 2. The SMILES string of the molecule is CC(C)(C)c1ccc(C(=O)Oc2ccc3cc(C(=O)NCCc4ccccc4)c(=O)oc3c2)cc1. The van der Waals surface area contributed by atoms with E-state index in [1.165, 1.54) is 12.1 Å². The Balaban J connectivity index is 1.45. The van der Waals surface area contributed by atoms with Gasteiger partial charge in [0.1, 0.15) is 16.9 Å². The molecule has 0 saturated heterocycles. The second-order valence-electron chi connectivity index (χ2n) is 9.36. The number of esters is 1. The van der Waals surface area contributed by atoms with E-state index in [1.807, 2.05) is 42.5 Å². The Morgan fingerprint density at radius 3 is 2.31 bits per heavy atom. The van der Waals surface area contributed by atoms with Gasteiger partial charge in [0.25, 0.3) is 5.91 Å². The van der Waals surface area contributed by atoms with Gasteiger partial charge in [-0.25, -0.2) is 9.59 Å². The first kappa shape index (κ1) is 24.0. The number of hydrogen-bond donors (Lipinski definition) is 1. The molecule has 178 valence electrons. The van der Waals surface area contributed by atoms with Crippen molar-refractivity contribution >= 4 is 22.8 Å². The number of amides is 1. The van der Waals surface area contributed by atoms with E-state index in [2.05, 4.69) is 26.1 Å². The quantitative estimate of drug-likeness (QED) is 0.236. The summed E-state index contributed by atoms with van der Waals surface area (Å²) < 4.78 is 10.8. The van der Waals surface area contributed by atoms with Crippen LogP contribution in [0.1, 0.15) is 52.6 Å². The lowest BCUT2D eigenvalue weighted by atomic mass is 9.87. The number of benzene rings is 3. The zero-order valence-corrected chi connectivity index (χ0v) is 20.0. The van der Waals surface area contributed by atoms with E-state index in [0.717, 1.165) is 11.1 Å². The Morgan fingerprint density at radius 2 is 1.63 bits per heavy atom. The second kappa shape index (κ2) is 9.97. The van der Waals surface area contributed by atoms with Crippen molar-refractivity contribution in [3.63, 3.8) is 0 Å². The molecule has 0 aliphatic carbocycles. The Kier molecular flexibility index (Phi) is 6.82. The van der Waals surface area contributed by atoms with Crippen LogP contribution in [0.5, 0.6) is 5.75 Å². The van der Waals surface area contributed by atoms with Crippen molar-refractivity contribution in [1.82, 2.24) is 5.32 Å². The number of rotatable bonds is 6. The fraction of sp³-hybridized carbons (Fsp3) is 0.207. The highest BCUT2D eigenvalue weighted by molar-refractivity contribution is 5.97. The highest BCUT2D eigenvalue weighted by atomic mass is 16.5. The van der Waals surface area contributed by atoms with E-state index in [4.69, 9.17) is 9.15 Å². The average molecular weight is 470 g/mol. The molecule has 4 rings (SSSR count). The summed E-state index contributed by atoms with van der Waals surface area (Å²) in [6.07, 6.45) is 0.652. The number of fused-ring (bicyclic) bond motifs is 1. The van der Waals surface area contributed by atoms with Crippen LogP contribution in [0.25, 0.3) is 11.0 Å². The van der Waals surface area contributed by atoms with Gasteiger partial charge < -0.3 is 14.5 Å². The van der Waals surface area contributed by atoms with Crippen LogP contribution in [0.2, 0.25) is 0 Å². The van der Waals surface area contributed by atoms with Gasteiger partial charge >= 0.3 is 11.6 Å². The minimum atomic E-state index is -0.754. The van der Waals surface area contributed by atoms with Crippen molar-refractivity contribution in [3.8, 4) is 5.75 Å². The predicted molar refractivity (Wildman–Crippen MR) is 135 cm³/mol. The maximum absolute atomic E-state index is 12.6. The van der Waals surface area contributed by atoms with E-state index in [-0.39, 0.29) is 22.3 Å². The van der Waals surface area contributed by atoms with Crippen molar-refractivity contribution in [2.75, 3.05) is 6.54 Å². The molecule has 35 heavy (non-hydrogen) atoms. The minimum Gasteiger partial charge on any atom is -0.423 e. The molecule has 0 atom stereocenters. The van der Waals surface area contributed by atoms with Crippen LogP contribution in [0, 0.1) is 0 Å². The summed E-state index contributed by atoms with van der Waals surface area (Å²) in [7, 11) is 0. The Labute approximate surface area is 203 Å². The van der Waals surface area contributed by atoms with Crippen LogP contribution in [0.15, 0.2) is 88.1 Å². The summed E-state index contributed by atoms with van der Waals surface area (Å²) in [5, 5.41) is 3.30. The first-order chi connectivity index (χ1) is 16.7. The lowest BCUT2D eigenvalue weighted by Crippen LogP contribution is -2.29. The molecule has 0 aliphatic rings. The second-order valence-corrected chi connectivity index (χ2v) is 9.36. The van der Waals surface area contributed by atoms with Gasteiger partial charge in [-0.3, -0.25) is 4.79 Å². The first-order valence-electron chi connectivity index (χ1n) is 11.4. The molecule has 6 heteroatoms. The standard InChI is InChI=1S/C29H27NO5/c1-29(2,3)22-12-9-20(10-13-22)27(32)34-23-14-11-21-17-24(28(33)35-25(21)18-23)26(31)30-16-15-19-7-5-4-6-8-19/h4-14,17-18H,15-16H2,1-3H3,(H,30,31). The van der Waals surface area contributed by atoms with Gasteiger partial charge in [0.05, 0.1) is 5.56 Å². The normalized spacial score (nSPS) is 11.3. The van der Waals surface area contributed by atoms with Crippen molar-refractivity contribution in [1.29, 1.82) is 0 Å². The first-order valence-corrected chi connectivity index (χ1v) is 11.4. The highest BCUT2D eigenvalue weighted by Crippen LogP contribution is 2.24. The van der Waals surface area contributed by atoms with Gasteiger partial charge in [-0.05, 0) is 53.3 Å². The maximum atomic E-state index is 12.6. The third-order valence-electron chi connectivity index (χ3n) is 5.69. The number of hydrogen-bond acceptors (Lipinski definition) is 5. The third-order valence-corrected chi connectivity index (χ3v) is 5.69. The Morgan fingerprint density at radius 1 is 0.914 bits per heavy atom. The lowest BCUT2D eigenvalue weighted by Gasteiger charge is -2.18. The average Bonchev–Trinajstić information content (AvgIpc) is 2.83. The van der Waals surface area contributed by atoms with Crippen molar-refractivity contribution in [3.05, 3.63) is 112 Å². The molecule has 1 heterocycles. The van der Waals surface area contributed by atoms with Crippen LogP contribution < -0.4 is 15.7 Å². The van der Waals surface area contributed by atoms with Gasteiger partial charge in [0, 0.05) is 18.0 Å². The Bertz CT molecular complexity index is 1410. The fourth-order valence-electron chi connectivity index (χ4n) is 3.65. The third kappa shape index (κ3) is 5.84. The van der Waals surface area contributed by atoms with Gasteiger partial charge in [0.15, 0.2) is 0 Å². The molecule has 0 fully saturated rings. The molecule has 3 aromatic carbocycles. The van der Waals surface area contributed by atoms with E-state index in [0.29, 0.717) is 23.9 Å². The van der Waals surface area contributed by atoms with Crippen LogP contribution in [-0.2, 0) is 11.8 Å². The van der Waals surface area contributed by atoms with Crippen molar-refractivity contribution in [2.24, 2.45) is 0 Å². The minimum absolute atomic E-state index is 0.0179. The highest BCUT2D eigenvalue weighted by Gasteiger charge is 2.17. The van der Waals surface area contributed by atoms with Crippen molar-refractivity contribution < 1.29 is 18.7 Å². The zero-order valence-electron chi connectivity index (χ0n) is 20.0. The number of nitrogens with one attached hydrogen (secondary N) is 1. The maximum Gasteiger partial charge on any atom is 0.349 e. The van der Waals surface area contributed by atoms with Crippen LogP contribution in [-0.4, -0.2) is 18.4 Å². The predicted octanol–water partition coefficient (Wildman–Crippen LogP) is 5.28. The smallest absolute Gasteiger partial charge is 0.349 e. The molecular formula is C29H27NO5. The number of carbonyl (C=O) groups excluding carboxylic acids is 2. The lowest BCUT2D eigenvalue weighted by molar-refractivity contribution is 0.0734. The molecule has 0 aliphatic heterocycles. The van der Waals surface area contributed by atoms with E-state index >= 15 is 0 Å². The van der Waals surface area contributed by atoms with E-state index in [9.17, 15) is 14.4 Å². The molecule has 1 amide bonds. The van der Waals surface area contributed by atoms with Crippen molar-refractivity contribution in [2.45, 2.75) is 32.6 Å². The summed E-state index contributed by atoms with van der Waals surface area (Å²) in [6.45, 7) is 6.70. The van der Waals surface area contributed by atoms with Gasteiger partial charge in [-0.1, -0.05) is 63.2 Å². The molecule has 1 aromatic heterocycles. The molecule has 0 bridgehead atoms. The molecule has 1 N–H and O–H groups in total. The summed E-state index contributed by atoms with van der Waals surface area (Å²) in [5.74, 6) is -0.766. The van der Waals surface area contributed by atoms with E-state index < -0.39 is 17.5 Å². The monoisotopic (exact) mass is 469 g/mol. The fourth-order valence-corrected chi connectivity index (χ4v) is 3.65. The summed E-state index contributed by atoms with van der Waals surface area (Å²) in [5.41, 5.74) is 2.00. The molecule has 0 saturated carbocycles. The van der Waals surface area contributed by atoms with Gasteiger partial charge in [-0.15, -0.1) is 0 Å². The zero-order chi connectivity index (χ0) is 25.0. The topological polar surface area (TPSA) is 85.6 Å². The largest absolute Gasteiger partial charge is 0.423 e. The van der Waals surface area contributed by atoms with Crippen LogP contribution in [0.3, 0.4) is 0 Å². The molecule has 6 nitrogen and oxygen atoms in total. The van der Waals surface area contributed by atoms with Crippen LogP contribution >= 0.6 is 0 Å². The van der Waals surface area contributed by atoms with Gasteiger partial charge in [0.2, 0.25) is 0 Å². The Hall–Kier alpha value is -4.19. The summed E-state index contributed by atoms with van der Waals surface area (Å²) in [4.78, 5) is 37.5.